The van der Waals surface area contributed by atoms with Gasteiger partial charge in [-0.1, -0.05) is 23.4 Å². The fourth-order valence-electron chi connectivity index (χ4n) is 3.82. The summed E-state index contributed by atoms with van der Waals surface area (Å²) in [4.78, 5) is 32.5. The summed E-state index contributed by atoms with van der Waals surface area (Å²) in [7, 11) is 0. The highest BCUT2D eigenvalue weighted by Gasteiger charge is 2.27. The molecule has 2 aliphatic heterocycles. The second-order valence-corrected chi connectivity index (χ2v) is 9.14. The van der Waals surface area contributed by atoms with Gasteiger partial charge < -0.3 is 9.64 Å². The Labute approximate surface area is 173 Å². The standard InChI is InChI=1S/C20H24ClN3O3S/c1-13(18(25)23-8-2-3-9-23)28-20-22-17-11-14(21)6-7-16(17)19(26)24(20)12-15-5-4-10-27-15/h6-7,11,13,15H,2-5,8-10,12H2,1H3/t13-,15+/m1/s1. The summed E-state index contributed by atoms with van der Waals surface area (Å²) in [6.07, 6.45) is 4.05. The summed E-state index contributed by atoms with van der Waals surface area (Å²) >= 11 is 7.45. The predicted molar refractivity (Wildman–Crippen MR) is 111 cm³/mol. The number of halogens is 1. The number of carbonyl (C=O) groups is 1. The van der Waals surface area contributed by atoms with Crippen LogP contribution in [0.4, 0.5) is 0 Å². The summed E-state index contributed by atoms with van der Waals surface area (Å²) in [6, 6.07) is 5.12. The van der Waals surface area contributed by atoms with E-state index in [-0.39, 0.29) is 22.8 Å². The number of aromatic nitrogens is 2. The Bertz CT molecular complexity index is 936. The number of benzene rings is 1. The molecule has 2 fully saturated rings. The quantitative estimate of drug-likeness (QED) is 0.547. The van der Waals surface area contributed by atoms with Gasteiger partial charge in [0.1, 0.15) is 0 Å². The van der Waals surface area contributed by atoms with Crippen molar-refractivity contribution in [1.29, 1.82) is 0 Å². The van der Waals surface area contributed by atoms with E-state index in [1.807, 2.05) is 11.8 Å². The third-order valence-electron chi connectivity index (χ3n) is 5.34. The normalized spacial score (nSPS) is 20.8. The molecule has 28 heavy (non-hydrogen) atoms. The van der Waals surface area contributed by atoms with Crippen molar-refractivity contribution in [2.75, 3.05) is 19.7 Å². The molecule has 2 atom stereocenters. The molecule has 0 saturated carbocycles. The third kappa shape index (κ3) is 4.07. The molecule has 6 nitrogen and oxygen atoms in total. The molecule has 2 saturated heterocycles. The van der Waals surface area contributed by atoms with Crippen molar-refractivity contribution in [2.45, 2.75) is 55.7 Å². The van der Waals surface area contributed by atoms with E-state index < -0.39 is 0 Å². The lowest BCUT2D eigenvalue weighted by atomic mass is 10.2. The molecule has 0 N–H and O–H groups in total. The Kier molecular flexibility index (Phi) is 5.94. The van der Waals surface area contributed by atoms with Gasteiger partial charge in [-0.2, -0.15) is 0 Å². The number of fused-ring (bicyclic) bond motifs is 1. The van der Waals surface area contributed by atoms with Gasteiger partial charge in [0.25, 0.3) is 5.56 Å². The number of ether oxygens (including phenoxy) is 1. The van der Waals surface area contributed by atoms with Crippen LogP contribution in [0.1, 0.15) is 32.6 Å². The first-order valence-corrected chi connectivity index (χ1v) is 11.1. The Hall–Kier alpha value is -1.57. The molecule has 1 aromatic carbocycles. The van der Waals surface area contributed by atoms with E-state index in [9.17, 15) is 9.59 Å². The van der Waals surface area contributed by atoms with Gasteiger partial charge in [0.05, 0.1) is 28.8 Å². The zero-order valence-corrected chi connectivity index (χ0v) is 17.5. The molecule has 150 valence electrons. The lowest BCUT2D eigenvalue weighted by Gasteiger charge is -2.22. The molecule has 0 bridgehead atoms. The molecule has 8 heteroatoms. The number of hydrogen-bond acceptors (Lipinski definition) is 5. The van der Waals surface area contributed by atoms with E-state index in [2.05, 4.69) is 0 Å². The predicted octanol–water partition coefficient (Wildman–Crippen LogP) is 3.33. The summed E-state index contributed by atoms with van der Waals surface area (Å²) in [5, 5.41) is 1.31. The van der Waals surface area contributed by atoms with Gasteiger partial charge >= 0.3 is 0 Å². The van der Waals surface area contributed by atoms with Crippen LogP contribution in [0.25, 0.3) is 10.9 Å². The van der Waals surface area contributed by atoms with Gasteiger partial charge in [-0.25, -0.2) is 4.98 Å². The minimum atomic E-state index is -0.308. The van der Waals surface area contributed by atoms with Crippen LogP contribution < -0.4 is 5.56 Å². The minimum absolute atomic E-state index is 0.00758. The molecule has 0 spiro atoms. The number of hydrogen-bond donors (Lipinski definition) is 0. The smallest absolute Gasteiger partial charge is 0.262 e. The Morgan fingerprint density at radius 3 is 2.86 bits per heavy atom. The molecule has 2 aromatic rings. The Morgan fingerprint density at radius 2 is 2.14 bits per heavy atom. The number of likely N-dealkylation sites (tertiary alicyclic amines) is 1. The number of rotatable bonds is 5. The molecule has 4 rings (SSSR count). The van der Waals surface area contributed by atoms with E-state index in [1.165, 1.54) is 11.8 Å². The molecule has 0 unspecified atom stereocenters. The maximum absolute atomic E-state index is 13.2. The Balaban J connectivity index is 1.69. The van der Waals surface area contributed by atoms with E-state index in [1.54, 1.807) is 22.8 Å². The first kappa shape index (κ1) is 19.7. The van der Waals surface area contributed by atoms with Crippen LogP contribution in [-0.2, 0) is 16.1 Å². The van der Waals surface area contributed by atoms with Crippen LogP contribution in [0.2, 0.25) is 5.02 Å². The second-order valence-electron chi connectivity index (χ2n) is 7.40. The van der Waals surface area contributed by atoms with Gasteiger partial charge in [-0.05, 0) is 50.8 Å². The van der Waals surface area contributed by atoms with Crippen molar-refractivity contribution in [2.24, 2.45) is 0 Å². The topological polar surface area (TPSA) is 64.4 Å². The molecule has 2 aliphatic rings. The molecular formula is C20H24ClN3O3S. The summed E-state index contributed by atoms with van der Waals surface area (Å²) < 4.78 is 7.41. The fraction of sp³-hybridized carbons (Fsp3) is 0.550. The maximum atomic E-state index is 13.2. The second kappa shape index (κ2) is 8.43. The minimum Gasteiger partial charge on any atom is -0.376 e. The third-order valence-corrected chi connectivity index (χ3v) is 6.65. The van der Waals surface area contributed by atoms with Crippen LogP contribution in [0.5, 0.6) is 0 Å². The van der Waals surface area contributed by atoms with Gasteiger partial charge in [0.2, 0.25) is 5.91 Å². The molecule has 1 aromatic heterocycles. The van der Waals surface area contributed by atoms with Gasteiger partial charge in [-0.3, -0.25) is 14.2 Å². The van der Waals surface area contributed by atoms with Crippen molar-refractivity contribution in [3.8, 4) is 0 Å². The van der Waals surface area contributed by atoms with Crippen LogP contribution in [0.15, 0.2) is 28.2 Å². The first-order valence-electron chi connectivity index (χ1n) is 9.80. The van der Waals surface area contributed by atoms with Crippen molar-refractivity contribution in [3.63, 3.8) is 0 Å². The number of thioether (sulfide) groups is 1. The molecule has 1 amide bonds. The zero-order valence-electron chi connectivity index (χ0n) is 15.9. The van der Waals surface area contributed by atoms with Crippen molar-refractivity contribution in [1.82, 2.24) is 14.5 Å². The number of amides is 1. The fourth-order valence-corrected chi connectivity index (χ4v) is 4.99. The van der Waals surface area contributed by atoms with Crippen LogP contribution in [-0.4, -0.2) is 51.4 Å². The van der Waals surface area contributed by atoms with Crippen molar-refractivity contribution < 1.29 is 9.53 Å². The van der Waals surface area contributed by atoms with Gasteiger partial charge in [-0.15, -0.1) is 0 Å². The Morgan fingerprint density at radius 1 is 1.36 bits per heavy atom. The van der Waals surface area contributed by atoms with Crippen LogP contribution in [0, 0.1) is 0 Å². The van der Waals surface area contributed by atoms with Gasteiger partial charge in [0, 0.05) is 24.7 Å². The summed E-state index contributed by atoms with van der Waals surface area (Å²) in [6.45, 7) is 4.69. The first-order chi connectivity index (χ1) is 13.5. The summed E-state index contributed by atoms with van der Waals surface area (Å²) in [5.74, 6) is 0.103. The number of nitrogens with zero attached hydrogens (tertiary/aromatic N) is 3. The number of carbonyl (C=O) groups excluding carboxylic acids is 1. The monoisotopic (exact) mass is 421 g/mol. The van der Waals surface area contributed by atoms with Crippen molar-refractivity contribution in [3.05, 3.63) is 33.6 Å². The molecular weight excluding hydrogens is 398 g/mol. The largest absolute Gasteiger partial charge is 0.376 e. The van der Waals surface area contributed by atoms with E-state index in [4.69, 9.17) is 21.3 Å². The molecule has 0 aliphatic carbocycles. The highest BCUT2D eigenvalue weighted by Crippen LogP contribution is 2.27. The van der Waals surface area contributed by atoms with Crippen molar-refractivity contribution >= 4 is 40.2 Å². The lowest BCUT2D eigenvalue weighted by Crippen LogP contribution is -2.35. The van der Waals surface area contributed by atoms with Crippen LogP contribution >= 0.6 is 23.4 Å². The summed E-state index contributed by atoms with van der Waals surface area (Å²) in [5.41, 5.74) is 0.449. The van der Waals surface area contributed by atoms with E-state index in [0.717, 1.165) is 45.4 Å². The van der Waals surface area contributed by atoms with Gasteiger partial charge in [0.15, 0.2) is 5.16 Å². The average molecular weight is 422 g/mol. The molecule has 3 heterocycles. The molecule has 0 radical (unpaired) electrons. The highest BCUT2D eigenvalue weighted by molar-refractivity contribution is 8.00. The van der Waals surface area contributed by atoms with E-state index in [0.29, 0.717) is 27.6 Å². The highest BCUT2D eigenvalue weighted by atomic mass is 35.5. The van der Waals surface area contributed by atoms with Crippen LogP contribution in [0.3, 0.4) is 0 Å². The average Bonchev–Trinajstić information content (AvgIpc) is 3.38. The SMILES string of the molecule is C[C@@H](Sc1nc2cc(Cl)ccc2c(=O)n1C[C@@H]1CCCO1)C(=O)N1CCCC1. The van der Waals surface area contributed by atoms with E-state index >= 15 is 0 Å². The maximum Gasteiger partial charge on any atom is 0.262 e. The zero-order chi connectivity index (χ0) is 19.7. The lowest BCUT2D eigenvalue weighted by molar-refractivity contribution is -0.129.